The van der Waals surface area contributed by atoms with Crippen LogP contribution >= 0.6 is 0 Å². The summed E-state index contributed by atoms with van der Waals surface area (Å²) in [6.07, 6.45) is 3.97. The molecule has 1 heterocycles. The molecule has 1 fully saturated rings. The van der Waals surface area contributed by atoms with Crippen LogP contribution in [0.1, 0.15) is 25.5 Å². The highest BCUT2D eigenvalue weighted by molar-refractivity contribution is 7.89. The Bertz CT molecular complexity index is 546. The zero-order valence-electron chi connectivity index (χ0n) is 12.0. The van der Waals surface area contributed by atoms with Gasteiger partial charge < -0.3 is 9.88 Å². The molecule has 0 bridgehead atoms. The van der Waals surface area contributed by atoms with Crippen molar-refractivity contribution < 1.29 is 8.42 Å². The smallest absolute Gasteiger partial charge is 0.244 e. The number of rotatable bonds is 6. The first-order chi connectivity index (χ1) is 8.87. The summed E-state index contributed by atoms with van der Waals surface area (Å²) in [7, 11) is 2.03. The Kier molecular flexibility index (Phi) is 4.03. The standard InChI is InChI=1S/C13H23N3O2S/c1-10(11-5-6-11)16(4)19(17,18)13-7-12(8-14-2)15(3)9-13/h7,9-11,14H,5-6,8H2,1-4H3. The summed E-state index contributed by atoms with van der Waals surface area (Å²) in [4.78, 5) is 0.384. The van der Waals surface area contributed by atoms with Crippen molar-refractivity contribution in [3.63, 3.8) is 0 Å². The van der Waals surface area contributed by atoms with Crippen LogP contribution in [-0.2, 0) is 23.6 Å². The van der Waals surface area contributed by atoms with Crippen molar-refractivity contribution in [2.24, 2.45) is 13.0 Å². The zero-order valence-corrected chi connectivity index (χ0v) is 12.9. The Hall–Kier alpha value is -0.850. The van der Waals surface area contributed by atoms with Gasteiger partial charge in [-0.05, 0) is 38.8 Å². The lowest BCUT2D eigenvalue weighted by atomic mass is 10.2. The molecule has 6 heteroatoms. The largest absolute Gasteiger partial charge is 0.352 e. The van der Waals surface area contributed by atoms with Crippen LogP contribution in [0.4, 0.5) is 0 Å². The van der Waals surface area contributed by atoms with Crippen LogP contribution in [0.25, 0.3) is 0 Å². The molecular weight excluding hydrogens is 262 g/mol. The van der Waals surface area contributed by atoms with Crippen LogP contribution in [0.15, 0.2) is 17.2 Å². The van der Waals surface area contributed by atoms with E-state index in [-0.39, 0.29) is 6.04 Å². The first-order valence-corrected chi connectivity index (χ1v) is 8.09. The number of sulfonamides is 1. The summed E-state index contributed by atoms with van der Waals surface area (Å²) >= 11 is 0. The van der Waals surface area contributed by atoms with Gasteiger partial charge in [-0.25, -0.2) is 8.42 Å². The number of nitrogens with one attached hydrogen (secondary N) is 1. The first-order valence-electron chi connectivity index (χ1n) is 6.65. The Morgan fingerprint density at radius 2 is 2.16 bits per heavy atom. The average Bonchev–Trinajstić information content (AvgIpc) is 3.14. The van der Waals surface area contributed by atoms with E-state index >= 15 is 0 Å². The van der Waals surface area contributed by atoms with E-state index in [1.54, 1.807) is 19.3 Å². The fourth-order valence-corrected chi connectivity index (χ4v) is 3.85. The molecule has 0 amide bonds. The van der Waals surface area contributed by atoms with Gasteiger partial charge in [0.15, 0.2) is 0 Å². The fourth-order valence-electron chi connectivity index (χ4n) is 2.34. The molecule has 1 unspecified atom stereocenters. The van der Waals surface area contributed by atoms with E-state index in [1.165, 1.54) is 4.31 Å². The Morgan fingerprint density at radius 1 is 1.53 bits per heavy atom. The highest BCUT2D eigenvalue weighted by Gasteiger charge is 2.36. The second-order valence-corrected chi connectivity index (χ2v) is 7.41. The fraction of sp³-hybridized carbons (Fsp3) is 0.692. The molecule has 0 aromatic carbocycles. The van der Waals surface area contributed by atoms with Crippen molar-refractivity contribution >= 4 is 10.0 Å². The molecule has 2 rings (SSSR count). The summed E-state index contributed by atoms with van der Waals surface area (Å²) < 4.78 is 28.5. The monoisotopic (exact) mass is 285 g/mol. The predicted octanol–water partition coefficient (Wildman–Crippen LogP) is 1.16. The highest BCUT2D eigenvalue weighted by atomic mass is 32.2. The van der Waals surface area contributed by atoms with E-state index in [2.05, 4.69) is 5.32 Å². The van der Waals surface area contributed by atoms with Gasteiger partial charge in [0.25, 0.3) is 0 Å². The van der Waals surface area contributed by atoms with Gasteiger partial charge in [-0.15, -0.1) is 0 Å². The Labute approximate surface area is 115 Å². The molecular formula is C13H23N3O2S. The molecule has 1 saturated carbocycles. The van der Waals surface area contributed by atoms with E-state index in [9.17, 15) is 8.42 Å². The lowest BCUT2D eigenvalue weighted by Crippen LogP contribution is -2.36. The summed E-state index contributed by atoms with van der Waals surface area (Å²) in [5.41, 5.74) is 0.966. The molecule has 1 N–H and O–H groups in total. The van der Waals surface area contributed by atoms with Crippen molar-refractivity contribution in [1.82, 2.24) is 14.2 Å². The maximum Gasteiger partial charge on any atom is 0.244 e. The maximum atomic E-state index is 12.6. The van der Waals surface area contributed by atoms with Gasteiger partial charge in [0.2, 0.25) is 10.0 Å². The molecule has 108 valence electrons. The van der Waals surface area contributed by atoms with Gasteiger partial charge >= 0.3 is 0 Å². The molecule has 0 aliphatic heterocycles. The van der Waals surface area contributed by atoms with Crippen molar-refractivity contribution in [1.29, 1.82) is 0 Å². The van der Waals surface area contributed by atoms with Gasteiger partial charge in [0.1, 0.15) is 4.90 Å². The quantitative estimate of drug-likeness (QED) is 0.853. The van der Waals surface area contributed by atoms with E-state index in [4.69, 9.17) is 0 Å². The topological polar surface area (TPSA) is 54.3 Å². The molecule has 1 atom stereocenters. The normalized spacial score (nSPS) is 17.9. The third-order valence-electron chi connectivity index (χ3n) is 4.00. The van der Waals surface area contributed by atoms with Crippen LogP contribution in [-0.4, -0.2) is 37.4 Å². The van der Waals surface area contributed by atoms with Crippen LogP contribution in [0.5, 0.6) is 0 Å². The van der Waals surface area contributed by atoms with Crippen LogP contribution in [0.3, 0.4) is 0 Å². The van der Waals surface area contributed by atoms with E-state index in [0.29, 0.717) is 17.4 Å². The van der Waals surface area contributed by atoms with Crippen LogP contribution in [0, 0.1) is 5.92 Å². The second-order valence-electron chi connectivity index (χ2n) is 5.41. The molecule has 0 spiro atoms. The molecule has 0 saturated heterocycles. The van der Waals surface area contributed by atoms with Crippen molar-refractivity contribution in [3.05, 3.63) is 18.0 Å². The van der Waals surface area contributed by atoms with Gasteiger partial charge in [-0.3, -0.25) is 0 Å². The molecule has 5 nitrogen and oxygen atoms in total. The highest BCUT2D eigenvalue weighted by Crippen LogP contribution is 2.36. The Morgan fingerprint density at radius 3 is 2.68 bits per heavy atom. The van der Waals surface area contributed by atoms with Crippen LogP contribution in [0.2, 0.25) is 0 Å². The minimum atomic E-state index is -3.38. The maximum absolute atomic E-state index is 12.6. The van der Waals surface area contributed by atoms with E-state index in [0.717, 1.165) is 18.5 Å². The van der Waals surface area contributed by atoms with Crippen molar-refractivity contribution in [3.8, 4) is 0 Å². The lowest BCUT2D eigenvalue weighted by molar-refractivity contribution is 0.357. The minimum Gasteiger partial charge on any atom is -0.352 e. The summed E-state index contributed by atoms with van der Waals surface area (Å²) in [6.45, 7) is 2.65. The third-order valence-corrected chi connectivity index (χ3v) is 5.91. The number of nitrogens with zero attached hydrogens (tertiary/aromatic N) is 2. The van der Waals surface area contributed by atoms with Gasteiger partial charge in [0, 0.05) is 38.6 Å². The summed E-state index contributed by atoms with van der Waals surface area (Å²) in [6, 6.07) is 1.83. The Balaban J connectivity index is 2.25. The predicted molar refractivity (Wildman–Crippen MR) is 75.3 cm³/mol. The van der Waals surface area contributed by atoms with E-state index < -0.39 is 10.0 Å². The minimum absolute atomic E-state index is 0.0814. The molecule has 19 heavy (non-hydrogen) atoms. The number of aromatic nitrogens is 1. The van der Waals surface area contributed by atoms with Gasteiger partial charge in [-0.1, -0.05) is 0 Å². The molecule has 1 aliphatic carbocycles. The van der Waals surface area contributed by atoms with Crippen molar-refractivity contribution in [2.75, 3.05) is 14.1 Å². The van der Waals surface area contributed by atoms with Crippen LogP contribution < -0.4 is 5.32 Å². The molecule has 1 aliphatic rings. The number of aryl methyl sites for hydroxylation is 1. The average molecular weight is 285 g/mol. The van der Waals surface area contributed by atoms with Gasteiger partial charge in [-0.2, -0.15) is 4.31 Å². The van der Waals surface area contributed by atoms with Crippen molar-refractivity contribution in [2.45, 2.75) is 37.2 Å². The molecule has 0 radical (unpaired) electrons. The van der Waals surface area contributed by atoms with Gasteiger partial charge in [0.05, 0.1) is 0 Å². The molecule has 1 aromatic rings. The van der Waals surface area contributed by atoms with E-state index in [1.807, 2.05) is 25.6 Å². The molecule has 1 aromatic heterocycles. The number of hydrogen-bond acceptors (Lipinski definition) is 3. The summed E-state index contributed by atoms with van der Waals surface area (Å²) in [5, 5.41) is 3.04. The number of hydrogen-bond donors (Lipinski definition) is 1. The third kappa shape index (κ3) is 2.85. The second kappa shape index (κ2) is 5.26. The lowest BCUT2D eigenvalue weighted by Gasteiger charge is -2.23. The first kappa shape index (κ1) is 14.6. The summed E-state index contributed by atoms with van der Waals surface area (Å²) in [5.74, 6) is 0.528. The zero-order chi connectivity index (χ0) is 14.2. The SMILES string of the molecule is CNCc1cc(S(=O)(=O)N(C)C(C)C2CC2)cn1C.